The van der Waals surface area contributed by atoms with Gasteiger partial charge in [0.15, 0.2) is 0 Å². The molecule has 0 bridgehead atoms. The van der Waals surface area contributed by atoms with Crippen molar-refractivity contribution in [3.63, 3.8) is 0 Å². The summed E-state index contributed by atoms with van der Waals surface area (Å²) in [6, 6.07) is 0.429. The van der Waals surface area contributed by atoms with E-state index in [2.05, 4.69) is 6.92 Å². The Morgan fingerprint density at radius 1 is 1.31 bits per heavy atom. The fourth-order valence-corrected chi connectivity index (χ4v) is 2.25. The molecule has 0 aromatic heterocycles. The molecule has 0 aliphatic carbocycles. The summed E-state index contributed by atoms with van der Waals surface area (Å²) in [6.07, 6.45) is 7.90. The number of unbranched alkanes of at least 4 members (excludes halogenated alkanes) is 1. The van der Waals surface area contributed by atoms with Gasteiger partial charge >= 0.3 is 6.09 Å². The van der Waals surface area contributed by atoms with Crippen molar-refractivity contribution < 1.29 is 9.53 Å². The first kappa shape index (κ1) is 13.3. The maximum Gasteiger partial charge on any atom is 0.410 e. The van der Waals surface area contributed by atoms with Crippen molar-refractivity contribution in [3.8, 4) is 0 Å². The van der Waals surface area contributed by atoms with Crippen LogP contribution in [0.1, 0.15) is 58.8 Å². The van der Waals surface area contributed by atoms with Crippen LogP contribution in [0.2, 0.25) is 0 Å². The average Bonchev–Trinajstić information content (AvgIpc) is 2.33. The second-order valence-corrected chi connectivity index (χ2v) is 4.60. The first-order valence-corrected chi connectivity index (χ1v) is 6.73. The molecular formula is C13H25NO2. The number of hydrogen-bond donors (Lipinski definition) is 0. The van der Waals surface area contributed by atoms with Gasteiger partial charge in [-0.1, -0.05) is 26.7 Å². The fraction of sp³-hybridized carbons (Fsp3) is 0.923. The number of hydrogen-bond acceptors (Lipinski definition) is 2. The van der Waals surface area contributed by atoms with Crippen LogP contribution in [0.25, 0.3) is 0 Å². The van der Waals surface area contributed by atoms with E-state index in [0.29, 0.717) is 12.6 Å². The van der Waals surface area contributed by atoms with Gasteiger partial charge in [0.2, 0.25) is 0 Å². The SMILES string of the molecule is CCCC[C@H]1CCCCN1C(=O)OCCC. The van der Waals surface area contributed by atoms with Crippen molar-refractivity contribution in [3.05, 3.63) is 0 Å². The van der Waals surface area contributed by atoms with Crippen LogP contribution in [0.4, 0.5) is 4.79 Å². The number of carbonyl (C=O) groups excluding carboxylic acids is 1. The van der Waals surface area contributed by atoms with Crippen LogP contribution in [0.3, 0.4) is 0 Å². The number of nitrogens with zero attached hydrogens (tertiary/aromatic N) is 1. The van der Waals surface area contributed by atoms with Crippen LogP contribution < -0.4 is 0 Å². The molecule has 1 fully saturated rings. The molecule has 0 spiro atoms. The molecule has 1 rings (SSSR count). The van der Waals surface area contributed by atoms with Crippen molar-refractivity contribution >= 4 is 6.09 Å². The molecule has 0 unspecified atom stereocenters. The Balaban J connectivity index is 2.42. The van der Waals surface area contributed by atoms with E-state index in [1.54, 1.807) is 0 Å². The molecule has 0 saturated carbocycles. The first-order valence-electron chi connectivity index (χ1n) is 6.73. The molecule has 1 heterocycles. The Morgan fingerprint density at radius 2 is 2.12 bits per heavy atom. The summed E-state index contributed by atoms with van der Waals surface area (Å²) in [6.45, 7) is 5.66. The lowest BCUT2D eigenvalue weighted by Crippen LogP contribution is -2.44. The number of amides is 1. The van der Waals surface area contributed by atoms with Gasteiger partial charge in [0.25, 0.3) is 0 Å². The Morgan fingerprint density at radius 3 is 2.81 bits per heavy atom. The first-order chi connectivity index (χ1) is 7.79. The van der Waals surface area contributed by atoms with Crippen molar-refractivity contribution in [2.45, 2.75) is 64.8 Å². The molecule has 1 aliphatic heterocycles. The van der Waals surface area contributed by atoms with Gasteiger partial charge in [-0.15, -0.1) is 0 Å². The topological polar surface area (TPSA) is 29.5 Å². The molecular weight excluding hydrogens is 202 g/mol. The maximum atomic E-state index is 11.8. The predicted molar refractivity (Wildman–Crippen MR) is 65.5 cm³/mol. The lowest BCUT2D eigenvalue weighted by molar-refractivity contribution is 0.0704. The third-order valence-corrected chi connectivity index (χ3v) is 3.18. The smallest absolute Gasteiger partial charge is 0.410 e. The highest BCUT2D eigenvalue weighted by Crippen LogP contribution is 2.22. The van der Waals surface area contributed by atoms with Crippen LogP contribution in [0.5, 0.6) is 0 Å². The lowest BCUT2D eigenvalue weighted by Gasteiger charge is -2.35. The summed E-state index contributed by atoms with van der Waals surface area (Å²) < 4.78 is 5.23. The minimum absolute atomic E-state index is 0.0948. The van der Waals surface area contributed by atoms with Crippen LogP contribution in [-0.4, -0.2) is 30.2 Å². The van der Waals surface area contributed by atoms with Gasteiger partial charge in [0, 0.05) is 12.6 Å². The number of rotatable bonds is 5. The van der Waals surface area contributed by atoms with E-state index < -0.39 is 0 Å². The standard InChI is InChI=1S/C13H25NO2/c1-3-5-8-12-9-6-7-10-14(12)13(15)16-11-4-2/h12H,3-11H2,1-2H3/t12-/m0/s1. The summed E-state index contributed by atoms with van der Waals surface area (Å²) in [5.41, 5.74) is 0. The van der Waals surface area contributed by atoms with Gasteiger partial charge in [-0.2, -0.15) is 0 Å². The number of piperidine rings is 1. The monoisotopic (exact) mass is 227 g/mol. The van der Waals surface area contributed by atoms with Crippen molar-refractivity contribution in [2.24, 2.45) is 0 Å². The zero-order chi connectivity index (χ0) is 11.8. The normalized spacial score (nSPS) is 20.9. The van der Waals surface area contributed by atoms with E-state index in [1.165, 1.54) is 19.3 Å². The summed E-state index contributed by atoms with van der Waals surface area (Å²) in [7, 11) is 0. The fourth-order valence-electron chi connectivity index (χ4n) is 2.25. The Hall–Kier alpha value is -0.730. The van der Waals surface area contributed by atoms with Gasteiger partial charge < -0.3 is 9.64 Å². The van der Waals surface area contributed by atoms with E-state index in [9.17, 15) is 4.79 Å². The van der Waals surface area contributed by atoms with Gasteiger partial charge in [-0.25, -0.2) is 4.79 Å². The van der Waals surface area contributed by atoms with Crippen LogP contribution in [0.15, 0.2) is 0 Å². The Kier molecular flexibility index (Phi) is 6.27. The largest absolute Gasteiger partial charge is 0.449 e. The third kappa shape index (κ3) is 4.03. The second-order valence-electron chi connectivity index (χ2n) is 4.60. The summed E-state index contributed by atoms with van der Waals surface area (Å²) in [5.74, 6) is 0. The van der Waals surface area contributed by atoms with Crippen LogP contribution in [0, 0.1) is 0 Å². The number of likely N-dealkylation sites (tertiary alicyclic amines) is 1. The van der Waals surface area contributed by atoms with E-state index in [1.807, 2.05) is 11.8 Å². The molecule has 1 amide bonds. The van der Waals surface area contributed by atoms with E-state index >= 15 is 0 Å². The highest BCUT2D eigenvalue weighted by Gasteiger charge is 2.26. The molecule has 0 N–H and O–H groups in total. The molecule has 1 atom stereocenters. The second kappa shape index (κ2) is 7.53. The lowest BCUT2D eigenvalue weighted by atomic mass is 9.98. The quantitative estimate of drug-likeness (QED) is 0.718. The molecule has 3 heteroatoms. The summed E-state index contributed by atoms with van der Waals surface area (Å²) in [5, 5.41) is 0. The van der Waals surface area contributed by atoms with Gasteiger partial charge in [-0.3, -0.25) is 0 Å². The molecule has 0 aromatic rings. The molecule has 1 aliphatic rings. The highest BCUT2D eigenvalue weighted by molar-refractivity contribution is 5.68. The average molecular weight is 227 g/mol. The molecule has 0 aromatic carbocycles. The van der Waals surface area contributed by atoms with Crippen LogP contribution in [-0.2, 0) is 4.74 Å². The van der Waals surface area contributed by atoms with Crippen LogP contribution >= 0.6 is 0 Å². The third-order valence-electron chi connectivity index (χ3n) is 3.18. The van der Waals surface area contributed by atoms with Crippen molar-refractivity contribution in [1.29, 1.82) is 0 Å². The molecule has 3 nitrogen and oxygen atoms in total. The summed E-state index contributed by atoms with van der Waals surface area (Å²) in [4.78, 5) is 13.8. The van der Waals surface area contributed by atoms with Gasteiger partial charge in [0.1, 0.15) is 0 Å². The van der Waals surface area contributed by atoms with E-state index in [4.69, 9.17) is 4.74 Å². The minimum Gasteiger partial charge on any atom is -0.449 e. The Bertz CT molecular complexity index is 206. The maximum absolute atomic E-state index is 11.8. The number of carbonyl (C=O) groups is 1. The molecule has 0 radical (unpaired) electrons. The highest BCUT2D eigenvalue weighted by atomic mass is 16.6. The van der Waals surface area contributed by atoms with E-state index in [0.717, 1.165) is 32.2 Å². The summed E-state index contributed by atoms with van der Waals surface area (Å²) >= 11 is 0. The number of ether oxygens (including phenoxy) is 1. The minimum atomic E-state index is -0.0948. The van der Waals surface area contributed by atoms with Gasteiger partial charge in [-0.05, 0) is 32.1 Å². The van der Waals surface area contributed by atoms with Crippen molar-refractivity contribution in [2.75, 3.05) is 13.2 Å². The van der Waals surface area contributed by atoms with E-state index in [-0.39, 0.29) is 6.09 Å². The predicted octanol–water partition coefficient (Wildman–Crippen LogP) is 3.58. The zero-order valence-electron chi connectivity index (χ0n) is 10.7. The molecule has 94 valence electrons. The Labute approximate surface area is 99.1 Å². The molecule has 1 saturated heterocycles. The molecule has 16 heavy (non-hydrogen) atoms. The zero-order valence-corrected chi connectivity index (χ0v) is 10.7. The van der Waals surface area contributed by atoms with Gasteiger partial charge in [0.05, 0.1) is 6.61 Å². The van der Waals surface area contributed by atoms with Crippen molar-refractivity contribution in [1.82, 2.24) is 4.90 Å².